The van der Waals surface area contributed by atoms with Crippen LogP contribution >= 0.6 is 0 Å². The molecule has 1 atom stereocenters. The molecular formula is C12H12N4. The van der Waals surface area contributed by atoms with Gasteiger partial charge in [-0.1, -0.05) is 0 Å². The van der Waals surface area contributed by atoms with Crippen molar-refractivity contribution in [3.63, 3.8) is 0 Å². The first-order valence-electron chi connectivity index (χ1n) is 5.19. The van der Waals surface area contributed by atoms with Crippen LogP contribution in [0.3, 0.4) is 0 Å². The number of anilines is 1. The van der Waals surface area contributed by atoms with Crippen molar-refractivity contribution in [3.8, 4) is 12.1 Å². The average Bonchev–Trinajstić information content (AvgIpc) is 2.75. The molecule has 1 saturated heterocycles. The average molecular weight is 212 g/mol. The molecule has 1 aliphatic rings. The van der Waals surface area contributed by atoms with Gasteiger partial charge in [0.1, 0.15) is 12.1 Å². The van der Waals surface area contributed by atoms with Crippen LogP contribution in [0.4, 0.5) is 5.69 Å². The molecule has 2 N–H and O–H groups in total. The molecule has 0 amide bonds. The third kappa shape index (κ3) is 1.84. The molecule has 0 radical (unpaired) electrons. The van der Waals surface area contributed by atoms with E-state index in [1.807, 2.05) is 18.2 Å². The second kappa shape index (κ2) is 4.22. The van der Waals surface area contributed by atoms with Crippen LogP contribution in [-0.2, 0) is 0 Å². The Bertz CT molecular complexity index is 481. The first-order chi connectivity index (χ1) is 7.74. The fraction of sp³-hybridized carbons (Fsp3) is 0.333. The lowest BCUT2D eigenvalue weighted by Gasteiger charge is -2.18. The van der Waals surface area contributed by atoms with Crippen molar-refractivity contribution in [2.45, 2.75) is 12.5 Å². The summed E-state index contributed by atoms with van der Waals surface area (Å²) >= 11 is 0. The third-order valence-corrected chi connectivity index (χ3v) is 2.83. The maximum atomic E-state index is 8.92. The van der Waals surface area contributed by atoms with Crippen molar-refractivity contribution in [3.05, 3.63) is 29.3 Å². The van der Waals surface area contributed by atoms with Gasteiger partial charge >= 0.3 is 0 Å². The fourth-order valence-electron chi connectivity index (χ4n) is 1.94. The van der Waals surface area contributed by atoms with Crippen molar-refractivity contribution >= 4 is 5.69 Å². The lowest BCUT2D eigenvalue weighted by molar-refractivity contribution is 0.752. The standard InChI is InChI=1S/C12H12N4/c13-6-9-1-2-12(5-10(9)7-14)16-4-3-11(15)8-16/h1-2,5,11H,3-4,8,15H2/t11-/m1/s1. The van der Waals surface area contributed by atoms with E-state index in [9.17, 15) is 0 Å². The zero-order valence-electron chi connectivity index (χ0n) is 8.85. The number of rotatable bonds is 1. The maximum Gasteiger partial charge on any atom is 0.101 e. The number of nitrogens with zero attached hydrogens (tertiary/aromatic N) is 3. The summed E-state index contributed by atoms with van der Waals surface area (Å²) in [6.07, 6.45) is 0.974. The monoisotopic (exact) mass is 212 g/mol. The molecule has 1 fully saturated rings. The highest BCUT2D eigenvalue weighted by Crippen LogP contribution is 2.22. The molecular weight excluding hydrogens is 200 g/mol. The Kier molecular flexibility index (Phi) is 2.76. The molecule has 4 nitrogen and oxygen atoms in total. The highest BCUT2D eigenvalue weighted by Gasteiger charge is 2.19. The van der Waals surface area contributed by atoms with E-state index in [0.29, 0.717) is 11.1 Å². The van der Waals surface area contributed by atoms with E-state index in [1.165, 1.54) is 0 Å². The molecule has 4 heteroatoms. The molecule has 0 aromatic heterocycles. The van der Waals surface area contributed by atoms with Crippen LogP contribution in [0.5, 0.6) is 0 Å². The molecule has 16 heavy (non-hydrogen) atoms. The largest absolute Gasteiger partial charge is 0.370 e. The van der Waals surface area contributed by atoms with Crippen molar-refractivity contribution in [1.82, 2.24) is 0 Å². The summed E-state index contributed by atoms with van der Waals surface area (Å²) in [6.45, 7) is 1.73. The fourth-order valence-corrected chi connectivity index (χ4v) is 1.94. The number of benzene rings is 1. The molecule has 2 rings (SSSR count). The molecule has 1 heterocycles. The Balaban J connectivity index is 2.31. The Labute approximate surface area is 94.5 Å². The zero-order valence-corrected chi connectivity index (χ0v) is 8.85. The quantitative estimate of drug-likeness (QED) is 0.752. The lowest BCUT2D eigenvalue weighted by Crippen LogP contribution is -2.26. The summed E-state index contributed by atoms with van der Waals surface area (Å²) in [5.41, 5.74) is 7.66. The van der Waals surface area contributed by atoms with Crippen molar-refractivity contribution < 1.29 is 0 Å². The summed E-state index contributed by atoms with van der Waals surface area (Å²) in [7, 11) is 0. The Morgan fingerprint density at radius 2 is 2.00 bits per heavy atom. The van der Waals surface area contributed by atoms with E-state index in [1.54, 1.807) is 12.1 Å². The topological polar surface area (TPSA) is 76.8 Å². The van der Waals surface area contributed by atoms with Gasteiger partial charge in [0, 0.05) is 24.8 Å². The number of nitriles is 2. The van der Waals surface area contributed by atoms with Gasteiger partial charge in [0.05, 0.1) is 11.1 Å². The van der Waals surface area contributed by atoms with Crippen LogP contribution in [0.1, 0.15) is 17.5 Å². The van der Waals surface area contributed by atoms with Crippen LogP contribution in [0.25, 0.3) is 0 Å². The predicted octanol–water partition coefficient (Wildman–Crippen LogP) is 0.967. The highest BCUT2D eigenvalue weighted by atomic mass is 15.2. The van der Waals surface area contributed by atoms with Crippen molar-refractivity contribution in [2.24, 2.45) is 5.73 Å². The van der Waals surface area contributed by atoms with Gasteiger partial charge in [-0.25, -0.2) is 0 Å². The van der Waals surface area contributed by atoms with E-state index >= 15 is 0 Å². The summed E-state index contributed by atoms with van der Waals surface area (Å²) in [4.78, 5) is 2.15. The van der Waals surface area contributed by atoms with E-state index in [2.05, 4.69) is 4.90 Å². The Morgan fingerprint density at radius 3 is 2.56 bits per heavy atom. The lowest BCUT2D eigenvalue weighted by atomic mass is 10.1. The minimum absolute atomic E-state index is 0.209. The summed E-state index contributed by atoms with van der Waals surface area (Å²) in [5.74, 6) is 0. The van der Waals surface area contributed by atoms with Crippen LogP contribution < -0.4 is 10.6 Å². The second-order valence-electron chi connectivity index (χ2n) is 3.95. The van der Waals surface area contributed by atoms with Crippen molar-refractivity contribution in [1.29, 1.82) is 10.5 Å². The Morgan fingerprint density at radius 1 is 1.25 bits per heavy atom. The number of nitrogens with two attached hydrogens (primary N) is 1. The van der Waals surface area contributed by atoms with Crippen LogP contribution in [0.15, 0.2) is 18.2 Å². The number of hydrogen-bond acceptors (Lipinski definition) is 4. The normalized spacial score (nSPS) is 19.2. The van der Waals surface area contributed by atoms with Gasteiger partial charge in [0.2, 0.25) is 0 Å². The summed E-state index contributed by atoms with van der Waals surface area (Å²) in [6, 6.07) is 9.58. The minimum Gasteiger partial charge on any atom is -0.370 e. The predicted molar refractivity (Wildman–Crippen MR) is 60.7 cm³/mol. The van der Waals surface area contributed by atoms with Gasteiger partial charge in [-0.2, -0.15) is 10.5 Å². The molecule has 0 unspecified atom stereocenters. The van der Waals surface area contributed by atoms with Gasteiger partial charge in [0.25, 0.3) is 0 Å². The molecule has 1 aromatic carbocycles. The number of hydrogen-bond donors (Lipinski definition) is 1. The summed E-state index contributed by atoms with van der Waals surface area (Å²) in [5, 5.41) is 17.7. The maximum absolute atomic E-state index is 8.92. The third-order valence-electron chi connectivity index (χ3n) is 2.83. The first kappa shape index (κ1) is 10.5. The first-order valence-corrected chi connectivity index (χ1v) is 5.19. The van der Waals surface area contributed by atoms with Crippen LogP contribution in [0, 0.1) is 22.7 Å². The molecule has 1 aliphatic heterocycles. The van der Waals surface area contributed by atoms with Gasteiger partial charge in [-0.3, -0.25) is 0 Å². The molecule has 1 aromatic rings. The van der Waals surface area contributed by atoms with Crippen molar-refractivity contribution in [2.75, 3.05) is 18.0 Å². The molecule has 0 aliphatic carbocycles. The zero-order chi connectivity index (χ0) is 11.5. The molecule has 80 valence electrons. The molecule has 0 spiro atoms. The molecule has 0 bridgehead atoms. The second-order valence-corrected chi connectivity index (χ2v) is 3.95. The van der Waals surface area contributed by atoms with E-state index in [-0.39, 0.29) is 6.04 Å². The highest BCUT2D eigenvalue weighted by molar-refractivity contribution is 5.58. The smallest absolute Gasteiger partial charge is 0.101 e. The van der Waals surface area contributed by atoms with Gasteiger partial charge < -0.3 is 10.6 Å². The van der Waals surface area contributed by atoms with E-state index in [0.717, 1.165) is 25.2 Å². The minimum atomic E-state index is 0.209. The Hall–Kier alpha value is -2.04. The molecule has 0 saturated carbocycles. The van der Waals surface area contributed by atoms with E-state index in [4.69, 9.17) is 16.3 Å². The summed E-state index contributed by atoms with van der Waals surface area (Å²) < 4.78 is 0. The van der Waals surface area contributed by atoms with Crippen LogP contribution in [-0.4, -0.2) is 19.1 Å². The SMILES string of the molecule is N#Cc1ccc(N2CC[C@@H](N)C2)cc1C#N. The van der Waals surface area contributed by atoms with Gasteiger partial charge in [0.15, 0.2) is 0 Å². The van der Waals surface area contributed by atoms with Crippen LogP contribution in [0.2, 0.25) is 0 Å². The van der Waals surface area contributed by atoms with Gasteiger partial charge in [-0.15, -0.1) is 0 Å². The van der Waals surface area contributed by atoms with Gasteiger partial charge in [-0.05, 0) is 24.6 Å². The van der Waals surface area contributed by atoms with E-state index < -0.39 is 0 Å².